The van der Waals surface area contributed by atoms with Gasteiger partial charge in [-0.25, -0.2) is 13.1 Å². The Morgan fingerprint density at radius 3 is 2.45 bits per heavy atom. The highest BCUT2D eigenvalue weighted by Gasteiger charge is 2.12. The minimum absolute atomic E-state index is 0.0408. The standard InChI is InChI=1S/C20H21N7O2S2/c1-3-18-23-27(20(30-18)24-31(28,29)4-2)13-14-9-11-15(12-10-14)16-7-5-6-8-17(16)19-21-25-26-22-19/h5-12H,3-4,13H2,1-2H3,(H,21,22,25,26). The Morgan fingerprint density at radius 1 is 1.06 bits per heavy atom. The summed E-state index contributed by atoms with van der Waals surface area (Å²) in [5.74, 6) is 0.495. The monoisotopic (exact) mass is 455 g/mol. The number of tetrazole rings is 1. The lowest BCUT2D eigenvalue weighted by Gasteiger charge is -2.08. The third-order valence-electron chi connectivity index (χ3n) is 4.66. The van der Waals surface area contributed by atoms with E-state index in [0.29, 0.717) is 17.2 Å². The summed E-state index contributed by atoms with van der Waals surface area (Å²) in [4.78, 5) is 0.394. The van der Waals surface area contributed by atoms with Crippen LogP contribution in [0, 0.1) is 0 Å². The molecule has 4 aromatic rings. The van der Waals surface area contributed by atoms with Gasteiger partial charge < -0.3 is 0 Å². The Morgan fingerprint density at radius 2 is 1.81 bits per heavy atom. The van der Waals surface area contributed by atoms with Gasteiger partial charge >= 0.3 is 0 Å². The summed E-state index contributed by atoms with van der Waals surface area (Å²) in [6.45, 7) is 3.99. The topological polar surface area (TPSA) is 119 Å². The summed E-state index contributed by atoms with van der Waals surface area (Å²) in [5, 5.41) is 19.7. The first-order chi connectivity index (χ1) is 15.0. The van der Waals surface area contributed by atoms with Crippen LogP contribution in [-0.2, 0) is 23.0 Å². The van der Waals surface area contributed by atoms with E-state index in [2.05, 4.69) is 30.1 Å². The highest BCUT2D eigenvalue weighted by atomic mass is 32.2. The molecule has 0 bridgehead atoms. The molecular weight excluding hydrogens is 434 g/mol. The molecule has 0 radical (unpaired) electrons. The van der Waals surface area contributed by atoms with E-state index in [-0.39, 0.29) is 5.75 Å². The van der Waals surface area contributed by atoms with Crippen molar-refractivity contribution in [2.45, 2.75) is 26.8 Å². The lowest BCUT2D eigenvalue weighted by molar-refractivity contribution is 0.593. The molecule has 160 valence electrons. The number of rotatable bonds is 7. The molecule has 0 unspecified atom stereocenters. The predicted molar refractivity (Wildman–Crippen MR) is 119 cm³/mol. The van der Waals surface area contributed by atoms with Gasteiger partial charge in [-0.1, -0.05) is 66.8 Å². The Labute approximate surface area is 183 Å². The smallest absolute Gasteiger partial charge is 0.233 e. The molecule has 9 nitrogen and oxygen atoms in total. The van der Waals surface area contributed by atoms with Gasteiger partial charge in [0.15, 0.2) is 0 Å². The molecule has 2 heterocycles. The van der Waals surface area contributed by atoms with Crippen LogP contribution >= 0.6 is 11.3 Å². The van der Waals surface area contributed by atoms with Gasteiger partial charge in [0.05, 0.1) is 12.3 Å². The summed E-state index contributed by atoms with van der Waals surface area (Å²) in [6, 6.07) is 15.9. The predicted octanol–water partition coefficient (Wildman–Crippen LogP) is 2.65. The number of benzene rings is 2. The molecule has 4 rings (SSSR count). The second kappa shape index (κ2) is 8.90. The number of hydrogen-bond donors (Lipinski definition) is 1. The molecule has 11 heteroatoms. The lowest BCUT2D eigenvalue weighted by Crippen LogP contribution is -2.19. The summed E-state index contributed by atoms with van der Waals surface area (Å²) in [5.41, 5.74) is 3.88. The van der Waals surface area contributed by atoms with Gasteiger partial charge in [0.25, 0.3) is 10.0 Å². The molecule has 0 aliphatic heterocycles. The van der Waals surface area contributed by atoms with Gasteiger partial charge in [-0.05, 0) is 35.2 Å². The van der Waals surface area contributed by atoms with E-state index < -0.39 is 10.0 Å². The van der Waals surface area contributed by atoms with Crippen molar-refractivity contribution in [3.8, 4) is 22.5 Å². The van der Waals surface area contributed by atoms with Crippen LogP contribution in [0.5, 0.6) is 0 Å². The minimum Gasteiger partial charge on any atom is -0.233 e. The molecule has 0 amide bonds. The second-order valence-corrected chi connectivity index (χ2v) is 9.69. The first-order valence-corrected chi connectivity index (χ1v) is 12.2. The van der Waals surface area contributed by atoms with Crippen LogP contribution < -0.4 is 4.80 Å². The molecule has 0 saturated carbocycles. The van der Waals surface area contributed by atoms with Gasteiger partial charge in [-0.2, -0.15) is 10.3 Å². The molecular formula is C20H21N7O2S2. The molecule has 2 aromatic carbocycles. The van der Waals surface area contributed by atoms with E-state index in [1.54, 1.807) is 11.6 Å². The van der Waals surface area contributed by atoms with Gasteiger partial charge in [0, 0.05) is 5.56 Å². The highest BCUT2D eigenvalue weighted by Crippen LogP contribution is 2.29. The average molecular weight is 456 g/mol. The number of aryl methyl sites for hydroxylation is 1. The quantitative estimate of drug-likeness (QED) is 0.458. The zero-order valence-electron chi connectivity index (χ0n) is 17.1. The van der Waals surface area contributed by atoms with Crippen molar-refractivity contribution in [2.75, 3.05) is 5.75 Å². The minimum atomic E-state index is -3.50. The van der Waals surface area contributed by atoms with Crippen molar-refractivity contribution in [1.82, 2.24) is 30.4 Å². The van der Waals surface area contributed by atoms with Crippen LogP contribution in [-0.4, -0.2) is 44.6 Å². The van der Waals surface area contributed by atoms with Gasteiger partial charge in [-0.15, -0.1) is 14.6 Å². The van der Waals surface area contributed by atoms with Gasteiger partial charge in [0.2, 0.25) is 10.6 Å². The number of H-pyrrole nitrogens is 1. The summed E-state index contributed by atoms with van der Waals surface area (Å²) < 4.78 is 29.6. The molecule has 0 saturated heterocycles. The third kappa shape index (κ3) is 4.78. The van der Waals surface area contributed by atoms with Crippen molar-refractivity contribution in [3.05, 3.63) is 63.9 Å². The number of sulfonamides is 1. The largest absolute Gasteiger partial charge is 0.255 e. The second-order valence-electron chi connectivity index (χ2n) is 6.73. The maximum atomic E-state index is 12.0. The van der Waals surface area contributed by atoms with Crippen LogP contribution in [0.3, 0.4) is 0 Å². The van der Waals surface area contributed by atoms with E-state index in [1.165, 1.54) is 11.3 Å². The molecule has 2 aromatic heterocycles. The van der Waals surface area contributed by atoms with Crippen molar-refractivity contribution >= 4 is 21.4 Å². The third-order valence-corrected chi connectivity index (χ3v) is 7.04. The van der Waals surface area contributed by atoms with Crippen LogP contribution in [0.4, 0.5) is 0 Å². The summed E-state index contributed by atoms with van der Waals surface area (Å²) >= 11 is 1.30. The number of nitrogens with one attached hydrogen (secondary N) is 1. The first-order valence-electron chi connectivity index (χ1n) is 9.76. The fourth-order valence-corrected chi connectivity index (χ4v) is 4.68. The van der Waals surface area contributed by atoms with Crippen LogP contribution in [0.25, 0.3) is 22.5 Å². The highest BCUT2D eigenvalue weighted by molar-refractivity contribution is 7.90. The maximum Gasteiger partial charge on any atom is 0.255 e. The Kier molecular flexibility index (Phi) is 6.05. The Bertz CT molecular complexity index is 1340. The summed E-state index contributed by atoms with van der Waals surface area (Å²) in [6.07, 6.45) is 0.720. The molecule has 0 atom stereocenters. The zero-order chi connectivity index (χ0) is 21.8. The fourth-order valence-electron chi connectivity index (χ4n) is 3.02. The number of hydrogen-bond acceptors (Lipinski definition) is 7. The lowest BCUT2D eigenvalue weighted by atomic mass is 9.98. The molecule has 31 heavy (non-hydrogen) atoms. The van der Waals surface area contributed by atoms with Gasteiger partial charge in [-0.3, -0.25) is 0 Å². The SMILES string of the molecule is CCc1nn(Cc2ccc(-c3ccccc3-c3nn[nH]n3)cc2)c(=NS(=O)(=O)CC)s1. The number of aromatic nitrogens is 6. The van der Waals surface area contributed by atoms with E-state index in [4.69, 9.17) is 0 Å². The van der Waals surface area contributed by atoms with Crippen LogP contribution in [0.15, 0.2) is 52.9 Å². The van der Waals surface area contributed by atoms with Crippen LogP contribution in [0.2, 0.25) is 0 Å². The van der Waals surface area contributed by atoms with Crippen molar-refractivity contribution in [1.29, 1.82) is 0 Å². The molecule has 0 fully saturated rings. The Balaban J connectivity index is 1.65. The number of nitrogens with zero attached hydrogens (tertiary/aromatic N) is 6. The van der Waals surface area contributed by atoms with Crippen molar-refractivity contribution < 1.29 is 8.42 Å². The van der Waals surface area contributed by atoms with E-state index >= 15 is 0 Å². The van der Waals surface area contributed by atoms with Crippen molar-refractivity contribution in [3.63, 3.8) is 0 Å². The molecule has 0 aliphatic carbocycles. The van der Waals surface area contributed by atoms with E-state index in [1.807, 2.05) is 55.5 Å². The summed E-state index contributed by atoms with van der Waals surface area (Å²) in [7, 11) is -3.50. The fraction of sp³-hybridized carbons (Fsp3) is 0.250. The van der Waals surface area contributed by atoms with E-state index in [9.17, 15) is 8.42 Å². The number of aromatic amines is 1. The molecule has 1 N–H and O–H groups in total. The zero-order valence-corrected chi connectivity index (χ0v) is 18.7. The van der Waals surface area contributed by atoms with Gasteiger partial charge in [0.1, 0.15) is 5.01 Å². The Hall–Kier alpha value is -3.18. The van der Waals surface area contributed by atoms with E-state index in [0.717, 1.165) is 33.7 Å². The first kappa shape index (κ1) is 21.1. The van der Waals surface area contributed by atoms with Crippen molar-refractivity contribution in [2.24, 2.45) is 4.40 Å². The molecule has 0 aliphatic rings. The maximum absolute atomic E-state index is 12.0. The normalized spacial score (nSPS) is 12.4. The van der Waals surface area contributed by atoms with Crippen LogP contribution in [0.1, 0.15) is 24.4 Å². The average Bonchev–Trinajstić information content (AvgIpc) is 3.45. The molecule has 0 spiro atoms.